The summed E-state index contributed by atoms with van der Waals surface area (Å²) < 4.78 is 0. The first-order chi connectivity index (χ1) is 11.5. The van der Waals surface area contributed by atoms with Crippen LogP contribution in [-0.4, -0.2) is 15.0 Å². The van der Waals surface area contributed by atoms with Gasteiger partial charge in [-0.05, 0) is 48.7 Å². The first-order valence-corrected chi connectivity index (χ1v) is 8.07. The van der Waals surface area contributed by atoms with Crippen LogP contribution < -0.4 is 11.1 Å². The summed E-state index contributed by atoms with van der Waals surface area (Å²) in [5.41, 5.74) is 9.85. The predicted octanol–water partition coefficient (Wildman–Crippen LogP) is 4.39. The molecule has 6 heteroatoms. The van der Waals surface area contributed by atoms with E-state index in [1.165, 1.54) is 5.56 Å². The lowest BCUT2D eigenvalue weighted by Gasteiger charge is -2.10. The number of rotatable bonds is 4. The van der Waals surface area contributed by atoms with Crippen molar-refractivity contribution >= 4 is 29.2 Å². The quantitative estimate of drug-likeness (QED) is 0.737. The van der Waals surface area contributed by atoms with Crippen LogP contribution in [0.5, 0.6) is 0 Å². The fourth-order valence-corrected chi connectivity index (χ4v) is 2.57. The second-order valence-electron chi connectivity index (χ2n) is 5.48. The average molecular weight is 340 g/mol. The first-order valence-electron chi connectivity index (χ1n) is 7.69. The Kier molecular flexibility index (Phi) is 4.62. The molecular formula is C18H18ClN5. The number of hydrogen-bond donors (Lipinski definition) is 2. The minimum atomic E-state index is 0.161. The van der Waals surface area contributed by atoms with Crippen molar-refractivity contribution in [3.05, 3.63) is 58.6 Å². The molecular weight excluding hydrogens is 322 g/mol. The number of benzene rings is 2. The second kappa shape index (κ2) is 6.84. The molecule has 2 aromatic carbocycles. The molecule has 1 aromatic heterocycles. The Labute approximate surface area is 145 Å². The molecule has 5 nitrogen and oxygen atoms in total. The van der Waals surface area contributed by atoms with Gasteiger partial charge in [-0.15, -0.1) is 0 Å². The molecule has 0 aliphatic carbocycles. The number of aryl methyl sites for hydroxylation is 2. The largest absolute Gasteiger partial charge is 0.368 e. The van der Waals surface area contributed by atoms with Crippen molar-refractivity contribution in [1.82, 2.24) is 15.0 Å². The molecule has 0 unspecified atom stereocenters. The van der Waals surface area contributed by atoms with Gasteiger partial charge in [0.1, 0.15) is 0 Å². The maximum absolute atomic E-state index is 6.09. The Morgan fingerprint density at radius 2 is 1.92 bits per heavy atom. The fourth-order valence-electron chi connectivity index (χ4n) is 2.40. The molecule has 0 saturated heterocycles. The van der Waals surface area contributed by atoms with E-state index in [2.05, 4.69) is 39.3 Å². The summed E-state index contributed by atoms with van der Waals surface area (Å²) in [6, 6.07) is 13.7. The molecule has 0 radical (unpaired) electrons. The third-order valence-corrected chi connectivity index (χ3v) is 3.92. The SMILES string of the molecule is CCc1cccc(Nc2nc(N)nc(-c3cc(Cl)ccc3C)n2)c1. The van der Waals surface area contributed by atoms with Crippen LogP contribution in [-0.2, 0) is 6.42 Å². The van der Waals surface area contributed by atoms with Gasteiger partial charge in [0.15, 0.2) is 5.82 Å². The molecule has 0 aliphatic rings. The Morgan fingerprint density at radius 1 is 1.08 bits per heavy atom. The summed E-state index contributed by atoms with van der Waals surface area (Å²) in [5, 5.41) is 3.81. The molecule has 0 amide bonds. The number of anilines is 3. The number of nitrogens with zero attached hydrogens (tertiary/aromatic N) is 3. The lowest BCUT2D eigenvalue weighted by Crippen LogP contribution is -2.05. The van der Waals surface area contributed by atoms with Crippen molar-refractivity contribution in [2.45, 2.75) is 20.3 Å². The molecule has 0 aliphatic heterocycles. The maximum Gasteiger partial charge on any atom is 0.232 e. The number of nitrogen functional groups attached to an aromatic ring is 1. The topological polar surface area (TPSA) is 76.7 Å². The highest BCUT2D eigenvalue weighted by Gasteiger charge is 2.10. The molecule has 1 heterocycles. The van der Waals surface area contributed by atoms with Crippen LogP contribution in [0, 0.1) is 6.92 Å². The lowest BCUT2D eigenvalue weighted by molar-refractivity contribution is 1.07. The molecule has 0 spiro atoms. The zero-order valence-corrected chi connectivity index (χ0v) is 14.3. The van der Waals surface area contributed by atoms with Crippen molar-refractivity contribution in [1.29, 1.82) is 0 Å². The Balaban J connectivity index is 1.98. The molecule has 0 bridgehead atoms. The molecule has 3 N–H and O–H groups in total. The standard InChI is InChI=1S/C18H18ClN5/c1-3-12-5-4-6-14(9-12)21-18-23-16(22-17(20)24-18)15-10-13(19)8-7-11(15)2/h4-10H,3H2,1-2H3,(H3,20,21,22,23,24). The smallest absolute Gasteiger partial charge is 0.232 e. The van der Waals surface area contributed by atoms with E-state index in [0.29, 0.717) is 16.8 Å². The van der Waals surface area contributed by atoms with Crippen LogP contribution in [0.15, 0.2) is 42.5 Å². The zero-order valence-electron chi connectivity index (χ0n) is 13.5. The van der Waals surface area contributed by atoms with Gasteiger partial charge >= 0.3 is 0 Å². The summed E-state index contributed by atoms with van der Waals surface area (Å²) >= 11 is 6.09. The van der Waals surface area contributed by atoms with Crippen LogP contribution in [0.3, 0.4) is 0 Å². The van der Waals surface area contributed by atoms with Crippen LogP contribution >= 0.6 is 11.6 Å². The maximum atomic E-state index is 6.09. The first kappa shape index (κ1) is 16.2. The van der Waals surface area contributed by atoms with Gasteiger partial charge in [0.25, 0.3) is 0 Å². The van der Waals surface area contributed by atoms with Gasteiger partial charge in [0.05, 0.1) is 0 Å². The van der Waals surface area contributed by atoms with Crippen LogP contribution in [0.4, 0.5) is 17.6 Å². The van der Waals surface area contributed by atoms with E-state index in [4.69, 9.17) is 17.3 Å². The Bertz CT molecular complexity index is 879. The summed E-state index contributed by atoms with van der Waals surface area (Å²) in [6.07, 6.45) is 0.960. The van der Waals surface area contributed by atoms with Crippen molar-refractivity contribution in [3.8, 4) is 11.4 Å². The summed E-state index contributed by atoms with van der Waals surface area (Å²) in [5.74, 6) is 1.07. The minimum Gasteiger partial charge on any atom is -0.368 e. The number of nitrogens with two attached hydrogens (primary N) is 1. The van der Waals surface area contributed by atoms with Crippen molar-refractivity contribution in [2.24, 2.45) is 0 Å². The summed E-state index contributed by atoms with van der Waals surface area (Å²) in [6.45, 7) is 4.09. The highest BCUT2D eigenvalue weighted by molar-refractivity contribution is 6.30. The summed E-state index contributed by atoms with van der Waals surface area (Å²) in [4.78, 5) is 12.9. The monoisotopic (exact) mass is 339 g/mol. The van der Waals surface area contributed by atoms with Crippen LogP contribution in [0.25, 0.3) is 11.4 Å². The molecule has 24 heavy (non-hydrogen) atoms. The predicted molar refractivity (Wildman–Crippen MR) is 98.5 cm³/mol. The van der Waals surface area contributed by atoms with Gasteiger partial charge in [-0.2, -0.15) is 15.0 Å². The van der Waals surface area contributed by atoms with Gasteiger partial charge in [0, 0.05) is 16.3 Å². The molecule has 0 saturated carbocycles. The number of hydrogen-bond acceptors (Lipinski definition) is 5. The van der Waals surface area contributed by atoms with Crippen molar-refractivity contribution in [3.63, 3.8) is 0 Å². The molecule has 122 valence electrons. The molecule has 0 atom stereocenters. The Hall–Kier alpha value is -2.66. The summed E-state index contributed by atoms with van der Waals surface area (Å²) in [7, 11) is 0. The zero-order chi connectivity index (χ0) is 17.1. The average Bonchev–Trinajstić information content (AvgIpc) is 2.56. The van der Waals surface area contributed by atoms with Crippen molar-refractivity contribution < 1.29 is 0 Å². The van der Waals surface area contributed by atoms with E-state index in [-0.39, 0.29) is 5.95 Å². The van der Waals surface area contributed by atoms with Gasteiger partial charge in [-0.1, -0.05) is 36.7 Å². The number of halogens is 1. The third-order valence-electron chi connectivity index (χ3n) is 3.68. The number of nitrogens with one attached hydrogen (secondary N) is 1. The highest BCUT2D eigenvalue weighted by atomic mass is 35.5. The van der Waals surface area contributed by atoms with E-state index in [1.54, 1.807) is 0 Å². The number of aromatic nitrogens is 3. The van der Waals surface area contributed by atoms with E-state index in [0.717, 1.165) is 23.2 Å². The molecule has 3 rings (SSSR count). The minimum absolute atomic E-state index is 0.161. The molecule has 3 aromatic rings. The van der Waals surface area contributed by atoms with E-state index < -0.39 is 0 Å². The molecule has 0 fully saturated rings. The Morgan fingerprint density at radius 3 is 2.71 bits per heavy atom. The second-order valence-corrected chi connectivity index (χ2v) is 5.92. The van der Waals surface area contributed by atoms with E-state index >= 15 is 0 Å². The normalized spacial score (nSPS) is 10.6. The van der Waals surface area contributed by atoms with Gasteiger partial charge in [0.2, 0.25) is 11.9 Å². The van der Waals surface area contributed by atoms with E-state index in [9.17, 15) is 0 Å². The third kappa shape index (κ3) is 3.63. The van der Waals surface area contributed by atoms with Gasteiger partial charge in [-0.25, -0.2) is 0 Å². The van der Waals surface area contributed by atoms with Gasteiger partial charge in [-0.3, -0.25) is 0 Å². The van der Waals surface area contributed by atoms with E-state index in [1.807, 2.05) is 37.3 Å². The van der Waals surface area contributed by atoms with Crippen LogP contribution in [0.2, 0.25) is 5.02 Å². The van der Waals surface area contributed by atoms with Crippen LogP contribution in [0.1, 0.15) is 18.1 Å². The lowest BCUT2D eigenvalue weighted by atomic mass is 10.1. The fraction of sp³-hybridized carbons (Fsp3) is 0.167. The highest BCUT2D eigenvalue weighted by Crippen LogP contribution is 2.25. The van der Waals surface area contributed by atoms with Crippen molar-refractivity contribution in [2.75, 3.05) is 11.1 Å². The van der Waals surface area contributed by atoms with Gasteiger partial charge < -0.3 is 11.1 Å².